The van der Waals surface area contributed by atoms with Crippen LogP contribution in [0.3, 0.4) is 0 Å². The van der Waals surface area contributed by atoms with Crippen LogP contribution in [0, 0.1) is 6.92 Å². The number of nitrogens with zero attached hydrogens (tertiary/aromatic N) is 1. The van der Waals surface area contributed by atoms with Crippen molar-refractivity contribution in [3.63, 3.8) is 0 Å². The molecule has 1 saturated heterocycles. The van der Waals surface area contributed by atoms with Gasteiger partial charge in [-0.3, -0.25) is 4.79 Å². The second-order valence-corrected chi connectivity index (χ2v) is 9.84. The monoisotopic (exact) mass is 474 g/mol. The topological polar surface area (TPSA) is 129 Å². The summed E-state index contributed by atoms with van der Waals surface area (Å²) in [6, 6.07) is 2.54. The van der Waals surface area contributed by atoms with E-state index in [1.54, 1.807) is 6.08 Å². The Kier molecular flexibility index (Phi) is 6.27. The zero-order chi connectivity index (χ0) is 25.0. The highest BCUT2D eigenvalue weighted by atomic mass is 16.6. The first-order valence-electron chi connectivity index (χ1n) is 11.7. The first kappa shape index (κ1) is 24.7. The molecule has 1 aromatic rings. The Balaban J connectivity index is 1.76. The smallest absolute Gasteiger partial charge is 0.333 e. The molecule has 1 aliphatic carbocycles. The van der Waals surface area contributed by atoms with E-state index in [0.29, 0.717) is 24.3 Å². The number of carbonyl (C=O) groups excluding carboxylic acids is 2. The lowest BCUT2D eigenvalue weighted by Gasteiger charge is -2.58. The number of hydrogen-bond acceptors (Lipinski definition) is 8. The molecule has 1 amide bonds. The number of aryl methyl sites for hydroxylation is 1. The van der Waals surface area contributed by atoms with Crippen molar-refractivity contribution in [2.45, 2.75) is 82.5 Å². The minimum atomic E-state index is -1.25. The summed E-state index contributed by atoms with van der Waals surface area (Å²) >= 11 is 0. The first-order chi connectivity index (χ1) is 16.0. The van der Waals surface area contributed by atoms with Gasteiger partial charge in [-0.05, 0) is 59.3 Å². The number of amides is 1. The molecular formula is C25H34N2O7. The summed E-state index contributed by atoms with van der Waals surface area (Å²) in [5.74, 6) is -0.559. The molecule has 186 valence electrons. The second kappa shape index (κ2) is 8.64. The van der Waals surface area contributed by atoms with Crippen molar-refractivity contribution in [1.29, 1.82) is 0 Å². The largest absolute Gasteiger partial charge is 0.481 e. The molecule has 0 saturated carbocycles. The molecule has 0 bridgehead atoms. The van der Waals surface area contributed by atoms with Gasteiger partial charge in [0.25, 0.3) is 0 Å². The van der Waals surface area contributed by atoms with E-state index in [2.05, 4.69) is 10.2 Å². The van der Waals surface area contributed by atoms with Crippen molar-refractivity contribution >= 4 is 11.9 Å². The molecule has 0 unspecified atom stereocenters. The minimum Gasteiger partial charge on any atom is -0.481 e. The molecule has 1 aromatic carbocycles. The van der Waals surface area contributed by atoms with Gasteiger partial charge in [-0.15, -0.1) is 0 Å². The summed E-state index contributed by atoms with van der Waals surface area (Å²) in [4.78, 5) is 26.8. The van der Waals surface area contributed by atoms with Crippen LogP contribution in [0.4, 0.5) is 0 Å². The number of hydrogen-bond donors (Lipinski definition) is 4. The number of benzene rings is 1. The van der Waals surface area contributed by atoms with Crippen molar-refractivity contribution in [3.05, 3.63) is 40.7 Å². The van der Waals surface area contributed by atoms with Crippen LogP contribution in [0.5, 0.6) is 5.75 Å². The maximum atomic E-state index is 12.8. The van der Waals surface area contributed by atoms with E-state index in [4.69, 9.17) is 9.47 Å². The fraction of sp³-hybridized carbons (Fsp3) is 0.600. The quantitative estimate of drug-likeness (QED) is 0.458. The minimum absolute atomic E-state index is 0.201. The molecule has 4 N–H and O–H groups in total. The van der Waals surface area contributed by atoms with Gasteiger partial charge in [0.15, 0.2) is 6.10 Å². The van der Waals surface area contributed by atoms with Gasteiger partial charge < -0.3 is 35.0 Å². The third kappa shape index (κ3) is 3.45. The summed E-state index contributed by atoms with van der Waals surface area (Å²) in [6.07, 6.45) is 0.487. The van der Waals surface area contributed by atoms with E-state index in [1.165, 1.54) is 13.8 Å². The third-order valence-corrected chi connectivity index (χ3v) is 7.91. The zero-order valence-electron chi connectivity index (χ0n) is 20.3. The highest BCUT2D eigenvalue weighted by Gasteiger charge is 2.69. The number of piperidine rings is 1. The molecule has 1 fully saturated rings. The summed E-state index contributed by atoms with van der Waals surface area (Å²) in [7, 11) is 1.98. The van der Waals surface area contributed by atoms with Crippen molar-refractivity contribution in [2.24, 2.45) is 0 Å². The van der Waals surface area contributed by atoms with E-state index in [9.17, 15) is 24.9 Å². The van der Waals surface area contributed by atoms with Crippen molar-refractivity contribution in [1.82, 2.24) is 10.2 Å². The zero-order valence-corrected chi connectivity index (χ0v) is 20.3. The lowest BCUT2D eigenvalue weighted by molar-refractivity contribution is -0.163. The molecule has 2 heterocycles. The summed E-state index contributed by atoms with van der Waals surface area (Å²) in [6.45, 7) is 7.22. The van der Waals surface area contributed by atoms with Gasteiger partial charge in [0.05, 0.1) is 17.6 Å². The van der Waals surface area contributed by atoms with Crippen LogP contribution in [0.1, 0.15) is 50.3 Å². The lowest BCUT2D eigenvalue weighted by Crippen LogP contribution is -2.71. The Morgan fingerprint density at radius 1 is 1.35 bits per heavy atom. The number of esters is 1. The van der Waals surface area contributed by atoms with Gasteiger partial charge in [-0.25, -0.2) is 4.79 Å². The van der Waals surface area contributed by atoms with Crippen LogP contribution in [0.15, 0.2) is 24.0 Å². The molecule has 34 heavy (non-hydrogen) atoms. The lowest BCUT2D eigenvalue weighted by atomic mass is 9.54. The molecule has 4 rings (SSSR count). The Hall–Kier alpha value is -2.46. The number of likely N-dealkylation sites (tertiary alicyclic amines) is 1. The van der Waals surface area contributed by atoms with Crippen LogP contribution in [-0.2, 0) is 26.3 Å². The fourth-order valence-electron chi connectivity index (χ4n) is 5.80. The van der Waals surface area contributed by atoms with Crippen LogP contribution in [0.25, 0.3) is 0 Å². The molecule has 9 nitrogen and oxygen atoms in total. The molecule has 9 heteroatoms. The SMILES string of the molecule is Cc1ccc(CO)c2c1[C@]13CCN(C)[C@H](C)[C@]1(O)CC=C(OC(=O)[C@H](C)NC(=O)[C@H](C)O)[C@@H]3O2. The Bertz CT molecular complexity index is 1040. The normalized spacial score (nSPS) is 31.8. The number of nitrogens with one attached hydrogen (secondary N) is 1. The fourth-order valence-corrected chi connectivity index (χ4v) is 5.80. The van der Waals surface area contributed by atoms with Gasteiger partial charge in [0.2, 0.25) is 5.91 Å². The average molecular weight is 475 g/mol. The average Bonchev–Trinajstić information content (AvgIpc) is 3.16. The van der Waals surface area contributed by atoms with Crippen LogP contribution >= 0.6 is 0 Å². The number of aliphatic hydroxyl groups is 3. The highest BCUT2D eigenvalue weighted by Crippen LogP contribution is 2.61. The van der Waals surface area contributed by atoms with E-state index in [1.807, 2.05) is 33.0 Å². The number of aliphatic hydroxyl groups excluding tert-OH is 2. The summed E-state index contributed by atoms with van der Waals surface area (Å²) in [5, 5.41) is 34.0. The summed E-state index contributed by atoms with van der Waals surface area (Å²) < 4.78 is 12.2. The van der Waals surface area contributed by atoms with Crippen molar-refractivity contribution < 1.29 is 34.4 Å². The third-order valence-electron chi connectivity index (χ3n) is 7.91. The van der Waals surface area contributed by atoms with Crippen LogP contribution in [-0.4, -0.2) is 75.6 Å². The van der Waals surface area contributed by atoms with Gasteiger partial charge >= 0.3 is 5.97 Å². The first-order valence-corrected chi connectivity index (χ1v) is 11.7. The van der Waals surface area contributed by atoms with Gasteiger partial charge in [-0.1, -0.05) is 12.1 Å². The molecule has 3 aliphatic rings. The maximum Gasteiger partial charge on any atom is 0.333 e. The molecule has 0 radical (unpaired) electrons. The number of likely N-dealkylation sites (N-methyl/N-ethyl adjacent to an activating group) is 1. The van der Waals surface area contributed by atoms with E-state index >= 15 is 0 Å². The van der Waals surface area contributed by atoms with Crippen molar-refractivity contribution in [2.75, 3.05) is 13.6 Å². The standard InChI is InChI=1S/C25H34N2O7/c1-13-6-7-17(12-28)20-19(13)24-10-11-27(5)16(4)25(24,32)9-8-18(21(24)34-20)33-23(31)14(2)26-22(30)15(3)29/h6-8,14-16,21,28-29,32H,9-12H2,1-5H3,(H,26,30)/t14-,15-,16+,21-,24-,25+/m0/s1. The van der Waals surface area contributed by atoms with Crippen LogP contribution in [0.2, 0.25) is 0 Å². The number of carbonyl (C=O) groups is 2. The molecule has 0 aromatic heterocycles. The van der Waals surface area contributed by atoms with E-state index in [-0.39, 0.29) is 24.8 Å². The summed E-state index contributed by atoms with van der Waals surface area (Å²) in [5.41, 5.74) is 0.330. The van der Waals surface area contributed by atoms with Crippen molar-refractivity contribution in [3.8, 4) is 5.75 Å². The molecule has 2 aliphatic heterocycles. The highest BCUT2D eigenvalue weighted by molar-refractivity contribution is 5.86. The van der Waals surface area contributed by atoms with Gasteiger partial charge in [0.1, 0.15) is 23.7 Å². The predicted octanol–water partition coefficient (Wildman–Crippen LogP) is 0.658. The molecule has 1 spiro atoms. The Morgan fingerprint density at radius 3 is 2.71 bits per heavy atom. The maximum absolute atomic E-state index is 12.8. The number of rotatable bonds is 5. The second-order valence-electron chi connectivity index (χ2n) is 9.84. The van der Waals surface area contributed by atoms with Gasteiger partial charge in [0, 0.05) is 23.6 Å². The van der Waals surface area contributed by atoms with Gasteiger partial charge in [-0.2, -0.15) is 0 Å². The number of fused-ring (bicyclic) bond motifs is 1. The van der Waals surface area contributed by atoms with Crippen LogP contribution < -0.4 is 10.1 Å². The Labute approximate surface area is 199 Å². The number of ether oxygens (including phenoxy) is 2. The van der Waals surface area contributed by atoms with E-state index in [0.717, 1.165) is 11.1 Å². The predicted molar refractivity (Wildman–Crippen MR) is 123 cm³/mol. The van der Waals surface area contributed by atoms with E-state index < -0.39 is 41.1 Å². The Morgan fingerprint density at radius 2 is 2.06 bits per heavy atom. The molecule has 6 atom stereocenters. The molecular weight excluding hydrogens is 440 g/mol.